The van der Waals surface area contributed by atoms with Crippen molar-refractivity contribution >= 4 is 5.91 Å². The normalized spacial score (nSPS) is 17.4. The zero-order chi connectivity index (χ0) is 13.4. The first kappa shape index (κ1) is 15.4. The van der Waals surface area contributed by atoms with Gasteiger partial charge >= 0.3 is 0 Å². The molecule has 0 aromatic carbocycles. The number of carbonyl (C=O) groups excluding carboxylic acids is 1. The Kier molecular flexibility index (Phi) is 7.28. The SMILES string of the molecule is CC(C)CN1CCN(C(=O)CCCCCN)CC1. The van der Waals surface area contributed by atoms with E-state index >= 15 is 0 Å². The van der Waals surface area contributed by atoms with Gasteiger partial charge in [-0.1, -0.05) is 20.3 Å². The molecule has 0 aromatic rings. The van der Waals surface area contributed by atoms with E-state index < -0.39 is 0 Å². The third kappa shape index (κ3) is 5.83. The van der Waals surface area contributed by atoms with Crippen LogP contribution >= 0.6 is 0 Å². The van der Waals surface area contributed by atoms with Crippen molar-refractivity contribution in [3.63, 3.8) is 0 Å². The lowest BCUT2D eigenvalue weighted by atomic mass is 10.1. The summed E-state index contributed by atoms with van der Waals surface area (Å²) in [5.41, 5.74) is 5.44. The van der Waals surface area contributed by atoms with Crippen LogP contribution in [0.25, 0.3) is 0 Å². The van der Waals surface area contributed by atoms with Gasteiger partial charge in [-0.05, 0) is 25.3 Å². The molecule has 1 aliphatic rings. The second kappa shape index (κ2) is 8.48. The number of hydrogen-bond donors (Lipinski definition) is 1. The molecule has 1 aliphatic heterocycles. The molecule has 0 aliphatic carbocycles. The lowest BCUT2D eigenvalue weighted by molar-refractivity contribution is -0.133. The summed E-state index contributed by atoms with van der Waals surface area (Å²) in [6, 6.07) is 0. The molecule has 1 heterocycles. The summed E-state index contributed by atoms with van der Waals surface area (Å²) in [7, 11) is 0. The summed E-state index contributed by atoms with van der Waals surface area (Å²) in [4.78, 5) is 16.5. The van der Waals surface area contributed by atoms with Crippen molar-refractivity contribution in [2.75, 3.05) is 39.3 Å². The van der Waals surface area contributed by atoms with E-state index in [9.17, 15) is 4.79 Å². The molecule has 18 heavy (non-hydrogen) atoms. The lowest BCUT2D eigenvalue weighted by Crippen LogP contribution is -2.49. The van der Waals surface area contributed by atoms with Crippen LogP contribution in [0.2, 0.25) is 0 Å². The maximum Gasteiger partial charge on any atom is 0.222 e. The second-order valence-corrected chi connectivity index (χ2v) is 5.67. The van der Waals surface area contributed by atoms with E-state index in [2.05, 4.69) is 18.7 Å². The zero-order valence-corrected chi connectivity index (χ0v) is 12.0. The fourth-order valence-electron chi connectivity index (χ4n) is 2.45. The molecule has 4 nitrogen and oxygen atoms in total. The van der Waals surface area contributed by atoms with Gasteiger partial charge in [-0.2, -0.15) is 0 Å². The van der Waals surface area contributed by atoms with Crippen LogP contribution in [-0.4, -0.2) is 55.0 Å². The number of nitrogens with zero attached hydrogens (tertiary/aromatic N) is 2. The Morgan fingerprint density at radius 2 is 1.78 bits per heavy atom. The molecule has 106 valence electrons. The van der Waals surface area contributed by atoms with E-state index in [4.69, 9.17) is 5.73 Å². The largest absolute Gasteiger partial charge is 0.340 e. The average Bonchev–Trinajstić information content (AvgIpc) is 2.34. The van der Waals surface area contributed by atoms with E-state index in [0.29, 0.717) is 18.2 Å². The number of hydrogen-bond acceptors (Lipinski definition) is 3. The minimum absolute atomic E-state index is 0.330. The van der Waals surface area contributed by atoms with E-state index in [0.717, 1.165) is 58.5 Å². The molecule has 4 heteroatoms. The molecule has 0 aromatic heterocycles. The van der Waals surface area contributed by atoms with Crippen LogP contribution in [0.5, 0.6) is 0 Å². The minimum Gasteiger partial charge on any atom is -0.340 e. The van der Waals surface area contributed by atoms with Crippen LogP contribution in [-0.2, 0) is 4.79 Å². The van der Waals surface area contributed by atoms with Gasteiger partial charge in [0.2, 0.25) is 5.91 Å². The van der Waals surface area contributed by atoms with Gasteiger partial charge < -0.3 is 10.6 Å². The fourth-order valence-corrected chi connectivity index (χ4v) is 2.45. The monoisotopic (exact) mass is 255 g/mol. The van der Waals surface area contributed by atoms with E-state index in [1.807, 2.05) is 4.90 Å². The average molecular weight is 255 g/mol. The predicted octanol–water partition coefficient (Wildman–Crippen LogP) is 1.31. The van der Waals surface area contributed by atoms with Crippen LogP contribution in [0, 0.1) is 5.92 Å². The van der Waals surface area contributed by atoms with Crippen molar-refractivity contribution in [1.82, 2.24) is 9.80 Å². The minimum atomic E-state index is 0.330. The highest BCUT2D eigenvalue weighted by molar-refractivity contribution is 5.76. The number of unbranched alkanes of at least 4 members (excludes halogenated alkanes) is 2. The maximum atomic E-state index is 12.0. The van der Waals surface area contributed by atoms with Crippen molar-refractivity contribution in [3.05, 3.63) is 0 Å². The Hall–Kier alpha value is -0.610. The first-order valence-electron chi connectivity index (χ1n) is 7.33. The van der Waals surface area contributed by atoms with Gasteiger partial charge in [0.1, 0.15) is 0 Å². The van der Waals surface area contributed by atoms with Gasteiger partial charge in [0, 0.05) is 39.1 Å². The molecule has 0 bridgehead atoms. The highest BCUT2D eigenvalue weighted by Crippen LogP contribution is 2.08. The topological polar surface area (TPSA) is 49.6 Å². The molecule has 1 saturated heterocycles. The van der Waals surface area contributed by atoms with Crippen LogP contribution in [0.1, 0.15) is 39.5 Å². The molecule has 0 saturated carbocycles. The first-order valence-corrected chi connectivity index (χ1v) is 7.33. The van der Waals surface area contributed by atoms with Gasteiger partial charge in [0.15, 0.2) is 0 Å². The molecule has 0 spiro atoms. The molecule has 0 atom stereocenters. The quantitative estimate of drug-likeness (QED) is 0.698. The van der Waals surface area contributed by atoms with Crippen molar-refractivity contribution < 1.29 is 4.79 Å². The highest BCUT2D eigenvalue weighted by atomic mass is 16.2. The number of rotatable bonds is 7. The molecule has 0 radical (unpaired) electrons. The molecule has 1 amide bonds. The van der Waals surface area contributed by atoms with E-state index in [1.54, 1.807) is 0 Å². The highest BCUT2D eigenvalue weighted by Gasteiger charge is 2.20. The first-order chi connectivity index (χ1) is 8.63. The summed E-state index contributed by atoms with van der Waals surface area (Å²) in [6.45, 7) is 10.3. The fraction of sp³-hybridized carbons (Fsp3) is 0.929. The summed E-state index contributed by atoms with van der Waals surface area (Å²) in [6.07, 6.45) is 3.80. The molecule has 2 N–H and O–H groups in total. The zero-order valence-electron chi connectivity index (χ0n) is 12.0. The second-order valence-electron chi connectivity index (χ2n) is 5.67. The summed E-state index contributed by atoms with van der Waals surface area (Å²) >= 11 is 0. The Morgan fingerprint density at radius 3 is 2.33 bits per heavy atom. The number of nitrogens with two attached hydrogens (primary N) is 1. The predicted molar refractivity (Wildman–Crippen MR) is 75.4 cm³/mol. The van der Waals surface area contributed by atoms with Gasteiger partial charge in [0.05, 0.1) is 0 Å². The maximum absolute atomic E-state index is 12.0. The molecule has 0 unspecified atom stereocenters. The number of carbonyl (C=O) groups is 1. The van der Waals surface area contributed by atoms with Crippen molar-refractivity contribution in [3.8, 4) is 0 Å². The van der Waals surface area contributed by atoms with E-state index in [1.165, 1.54) is 0 Å². The third-order valence-corrected chi connectivity index (χ3v) is 3.44. The summed E-state index contributed by atoms with van der Waals surface area (Å²) in [5.74, 6) is 1.04. The third-order valence-electron chi connectivity index (χ3n) is 3.44. The Labute approximate surface area is 111 Å². The smallest absolute Gasteiger partial charge is 0.222 e. The van der Waals surface area contributed by atoms with Gasteiger partial charge in [0.25, 0.3) is 0 Å². The summed E-state index contributed by atoms with van der Waals surface area (Å²) in [5, 5.41) is 0. The van der Waals surface area contributed by atoms with Gasteiger partial charge in [-0.25, -0.2) is 0 Å². The van der Waals surface area contributed by atoms with Gasteiger partial charge in [-0.15, -0.1) is 0 Å². The summed E-state index contributed by atoms with van der Waals surface area (Å²) < 4.78 is 0. The van der Waals surface area contributed by atoms with Crippen molar-refractivity contribution in [1.29, 1.82) is 0 Å². The Balaban J connectivity index is 2.15. The van der Waals surface area contributed by atoms with Crippen molar-refractivity contribution in [2.45, 2.75) is 39.5 Å². The van der Waals surface area contributed by atoms with Crippen LogP contribution in [0.15, 0.2) is 0 Å². The van der Waals surface area contributed by atoms with Crippen LogP contribution in [0.3, 0.4) is 0 Å². The Bertz CT molecular complexity index is 235. The lowest BCUT2D eigenvalue weighted by Gasteiger charge is -2.35. The van der Waals surface area contributed by atoms with Crippen molar-refractivity contribution in [2.24, 2.45) is 11.7 Å². The molecular weight excluding hydrogens is 226 g/mol. The van der Waals surface area contributed by atoms with E-state index in [-0.39, 0.29) is 0 Å². The van der Waals surface area contributed by atoms with Crippen LogP contribution < -0.4 is 5.73 Å². The standard InChI is InChI=1S/C14H29N3O/c1-13(2)12-16-8-10-17(11-9-16)14(18)6-4-3-5-7-15/h13H,3-12,15H2,1-2H3. The number of piperazine rings is 1. The van der Waals surface area contributed by atoms with Gasteiger partial charge in [-0.3, -0.25) is 9.69 Å². The Morgan fingerprint density at radius 1 is 1.11 bits per heavy atom. The number of amides is 1. The molecule has 1 rings (SSSR count). The molecule has 1 fully saturated rings. The molecular formula is C14H29N3O. The van der Waals surface area contributed by atoms with Crippen LogP contribution in [0.4, 0.5) is 0 Å².